The standard InChI is InChI=1S/C15H9Cl2F3N2O/c1-23-14-8-2-3-21-13(8)9(6-22-14)12-10(16)4-7(5-11(12)17)15(18,19)20/h2-6,21H,1H3. The Morgan fingerprint density at radius 1 is 1.17 bits per heavy atom. The first kappa shape index (κ1) is 16.0. The molecule has 0 fully saturated rings. The van der Waals surface area contributed by atoms with E-state index in [9.17, 15) is 13.2 Å². The zero-order valence-corrected chi connectivity index (χ0v) is 13.1. The number of rotatable bonds is 2. The Labute approximate surface area is 139 Å². The van der Waals surface area contributed by atoms with E-state index in [1.165, 1.54) is 13.3 Å². The molecule has 0 aliphatic carbocycles. The Kier molecular flexibility index (Phi) is 3.90. The van der Waals surface area contributed by atoms with Crippen molar-refractivity contribution in [3.05, 3.63) is 46.2 Å². The molecule has 0 unspecified atom stereocenters. The lowest BCUT2D eigenvalue weighted by Gasteiger charge is -2.13. The number of ether oxygens (including phenoxy) is 1. The van der Waals surface area contributed by atoms with E-state index in [0.29, 0.717) is 22.3 Å². The number of methoxy groups -OCH3 is 1. The van der Waals surface area contributed by atoms with Crippen LogP contribution in [0.3, 0.4) is 0 Å². The normalized spacial score (nSPS) is 11.9. The van der Waals surface area contributed by atoms with Gasteiger partial charge in [-0.3, -0.25) is 0 Å². The fourth-order valence-corrected chi connectivity index (χ4v) is 3.06. The molecule has 3 rings (SSSR count). The van der Waals surface area contributed by atoms with Crippen molar-refractivity contribution < 1.29 is 17.9 Å². The van der Waals surface area contributed by atoms with Gasteiger partial charge in [0.25, 0.3) is 0 Å². The summed E-state index contributed by atoms with van der Waals surface area (Å²) in [6, 6.07) is 3.44. The van der Waals surface area contributed by atoms with Gasteiger partial charge in [0.15, 0.2) is 0 Å². The van der Waals surface area contributed by atoms with Crippen LogP contribution < -0.4 is 4.74 Å². The largest absolute Gasteiger partial charge is 0.481 e. The van der Waals surface area contributed by atoms with Crippen molar-refractivity contribution in [1.82, 2.24) is 9.97 Å². The molecule has 2 heterocycles. The summed E-state index contributed by atoms with van der Waals surface area (Å²) in [4.78, 5) is 7.15. The van der Waals surface area contributed by atoms with Gasteiger partial charge in [-0.1, -0.05) is 23.2 Å². The Morgan fingerprint density at radius 3 is 2.39 bits per heavy atom. The Morgan fingerprint density at radius 2 is 1.83 bits per heavy atom. The molecule has 0 bridgehead atoms. The summed E-state index contributed by atoms with van der Waals surface area (Å²) < 4.78 is 43.7. The first-order valence-electron chi connectivity index (χ1n) is 6.39. The smallest absolute Gasteiger partial charge is 0.416 e. The van der Waals surface area contributed by atoms with Gasteiger partial charge in [0, 0.05) is 23.5 Å². The summed E-state index contributed by atoms with van der Waals surface area (Å²) in [5, 5.41) is 0.470. The van der Waals surface area contributed by atoms with Crippen LogP contribution in [0.4, 0.5) is 13.2 Å². The van der Waals surface area contributed by atoms with E-state index in [0.717, 1.165) is 12.1 Å². The molecule has 3 aromatic rings. The van der Waals surface area contributed by atoms with Crippen molar-refractivity contribution >= 4 is 34.1 Å². The predicted molar refractivity (Wildman–Crippen MR) is 83.1 cm³/mol. The van der Waals surface area contributed by atoms with Crippen molar-refractivity contribution in [2.24, 2.45) is 0 Å². The second kappa shape index (κ2) is 5.62. The quantitative estimate of drug-likeness (QED) is 0.649. The molecule has 1 aromatic carbocycles. The highest BCUT2D eigenvalue weighted by Gasteiger charge is 2.32. The van der Waals surface area contributed by atoms with Gasteiger partial charge in [-0.05, 0) is 18.2 Å². The molecule has 0 amide bonds. The molecular formula is C15H9Cl2F3N2O. The molecule has 2 aromatic heterocycles. The average molecular weight is 361 g/mol. The highest BCUT2D eigenvalue weighted by atomic mass is 35.5. The Balaban J connectivity index is 2.26. The van der Waals surface area contributed by atoms with Gasteiger partial charge in [0.05, 0.1) is 33.6 Å². The lowest BCUT2D eigenvalue weighted by Crippen LogP contribution is -2.05. The lowest BCUT2D eigenvalue weighted by atomic mass is 10.0. The van der Waals surface area contributed by atoms with Gasteiger partial charge in [-0.2, -0.15) is 13.2 Å². The number of halogens is 5. The van der Waals surface area contributed by atoms with Gasteiger partial charge >= 0.3 is 6.18 Å². The molecule has 1 N–H and O–H groups in total. The van der Waals surface area contributed by atoms with E-state index in [1.807, 2.05) is 0 Å². The third kappa shape index (κ3) is 2.72. The molecule has 8 heteroatoms. The van der Waals surface area contributed by atoms with Gasteiger partial charge in [-0.15, -0.1) is 0 Å². The van der Waals surface area contributed by atoms with Gasteiger partial charge in [0.1, 0.15) is 0 Å². The van der Waals surface area contributed by atoms with E-state index < -0.39 is 11.7 Å². The van der Waals surface area contributed by atoms with Crippen molar-refractivity contribution in [1.29, 1.82) is 0 Å². The number of H-pyrrole nitrogens is 1. The van der Waals surface area contributed by atoms with Crippen LogP contribution >= 0.6 is 23.2 Å². The molecule has 0 aliphatic heterocycles. The fraction of sp³-hybridized carbons (Fsp3) is 0.133. The van der Waals surface area contributed by atoms with Crippen LogP contribution in [-0.4, -0.2) is 17.1 Å². The number of fused-ring (bicyclic) bond motifs is 1. The molecule has 120 valence electrons. The van der Waals surface area contributed by atoms with Gasteiger partial charge in [-0.25, -0.2) is 4.98 Å². The van der Waals surface area contributed by atoms with Crippen LogP contribution in [-0.2, 0) is 6.18 Å². The summed E-state index contributed by atoms with van der Waals surface area (Å²) in [6.07, 6.45) is -1.39. The SMILES string of the molecule is COc1ncc(-c2c(Cl)cc(C(F)(F)F)cc2Cl)c2[nH]ccc12. The summed E-state index contributed by atoms with van der Waals surface area (Å²) in [6.45, 7) is 0. The Hall–Kier alpha value is -1.92. The third-order valence-electron chi connectivity index (χ3n) is 3.39. The second-order valence-corrected chi connectivity index (χ2v) is 5.57. The summed E-state index contributed by atoms with van der Waals surface area (Å²) >= 11 is 12.1. The number of nitrogens with one attached hydrogen (secondary N) is 1. The Bertz CT molecular complexity index is 867. The number of alkyl halides is 3. The maximum atomic E-state index is 12.8. The van der Waals surface area contributed by atoms with Crippen LogP contribution in [0.5, 0.6) is 5.88 Å². The highest BCUT2D eigenvalue weighted by molar-refractivity contribution is 6.39. The van der Waals surface area contributed by atoms with Crippen molar-refractivity contribution in [2.75, 3.05) is 7.11 Å². The average Bonchev–Trinajstić information content (AvgIpc) is 2.95. The molecule has 23 heavy (non-hydrogen) atoms. The topological polar surface area (TPSA) is 37.9 Å². The fourth-order valence-electron chi connectivity index (χ4n) is 2.37. The van der Waals surface area contributed by atoms with Gasteiger partial charge in [0.2, 0.25) is 5.88 Å². The van der Waals surface area contributed by atoms with E-state index >= 15 is 0 Å². The molecule has 0 spiro atoms. The van der Waals surface area contributed by atoms with Crippen molar-refractivity contribution in [3.8, 4) is 17.0 Å². The molecule has 0 saturated carbocycles. The highest BCUT2D eigenvalue weighted by Crippen LogP contribution is 2.43. The number of aromatic nitrogens is 2. The number of pyridine rings is 1. The van der Waals surface area contributed by atoms with E-state index in [2.05, 4.69) is 9.97 Å². The lowest BCUT2D eigenvalue weighted by molar-refractivity contribution is -0.137. The summed E-state index contributed by atoms with van der Waals surface area (Å²) in [7, 11) is 1.48. The van der Waals surface area contributed by atoms with Crippen LogP contribution in [0.2, 0.25) is 10.0 Å². The second-order valence-electron chi connectivity index (χ2n) is 4.76. The molecule has 0 atom stereocenters. The predicted octanol–water partition coefficient (Wildman–Crippen LogP) is 5.56. The van der Waals surface area contributed by atoms with Gasteiger partial charge < -0.3 is 9.72 Å². The van der Waals surface area contributed by atoms with E-state index in [4.69, 9.17) is 27.9 Å². The molecule has 0 saturated heterocycles. The number of aromatic amines is 1. The first-order chi connectivity index (χ1) is 10.8. The molecule has 3 nitrogen and oxygen atoms in total. The first-order valence-corrected chi connectivity index (χ1v) is 7.15. The van der Waals surface area contributed by atoms with Crippen molar-refractivity contribution in [2.45, 2.75) is 6.18 Å². The van der Waals surface area contributed by atoms with Crippen LogP contribution in [0.25, 0.3) is 22.0 Å². The number of hydrogen-bond acceptors (Lipinski definition) is 2. The summed E-state index contributed by atoms with van der Waals surface area (Å²) in [5.74, 6) is 0.393. The number of benzene rings is 1. The molecular weight excluding hydrogens is 352 g/mol. The number of nitrogens with zero attached hydrogens (tertiary/aromatic N) is 1. The molecule has 0 radical (unpaired) electrons. The third-order valence-corrected chi connectivity index (χ3v) is 3.99. The zero-order chi connectivity index (χ0) is 16.8. The van der Waals surface area contributed by atoms with Crippen LogP contribution in [0.15, 0.2) is 30.6 Å². The van der Waals surface area contributed by atoms with Crippen LogP contribution in [0, 0.1) is 0 Å². The zero-order valence-electron chi connectivity index (χ0n) is 11.6. The maximum Gasteiger partial charge on any atom is 0.416 e. The summed E-state index contributed by atoms with van der Waals surface area (Å²) in [5.41, 5.74) is 0.499. The van der Waals surface area contributed by atoms with Crippen molar-refractivity contribution in [3.63, 3.8) is 0 Å². The maximum absolute atomic E-state index is 12.8. The molecule has 0 aliphatic rings. The van der Waals surface area contributed by atoms with Crippen LogP contribution in [0.1, 0.15) is 5.56 Å². The van der Waals surface area contributed by atoms with E-state index in [-0.39, 0.29) is 15.6 Å². The minimum absolute atomic E-state index is 0.104. The monoisotopic (exact) mass is 360 g/mol. The number of hydrogen-bond donors (Lipinski definition) is 1. The minimum Gasteiger partial charge on any atom is -0.481 e. The van der Waals surface area contributed by atoms with E-state index in [1.54, 1.807) is 12.3 Å². The minimum atomic E-state index is -4.52.